The minimum Gasteiger partial charge on any atom is -0.494 e. The van der Waals surface area contributed by atoms with Crippen LogP contribution in [0.4, 0.5) is 0 Å². The predicted octanol–water partition coefficient (Wildman–Crippen LogP) is 5.44. The summed E-state index contributed by atoms with van der Waals surface area (Å²) in [6, 6.07) is 14.1. The third kappa shape index (κ3) is 4.93. The lowest BCUT2D eigenvalue weighted by Gasteiger charge is -2.11. The van der Waals surface area contributed by atoms with E-state index in [0.717, 1.165) is 28.0 Å². The molecule has 1 amide bonds. The van der Waals surface area contributed by atoms with Crippen LogP contribution in [0, 0.1) is 13.8 Å². The van der Waals surface area contributed by atoms with Crippen LogP contribution in [0.5, 0.6) is 5.75 Å². The Morgan fingerprint density at radius 1 is 1.14 bits per heavy atom. The second-order valence-electron chi connectivity index (χ2n) is 7.76. The van der Waals surface area contributed by atoms with Crippen molar-refractivity contribution in [2.75, 3.05) is 13.7 Å². The number of amides is 1. The summed E-state index contributed by atoms with van der Waals surface area (Å²) < 4.78 is 17.8. The van der Waals surface area contributed by atoms with Crippen molar-refractivity contribution in [3.05, 3.63) is 81.8 Å². The number of hydrogen-bond acceptors (Lipinski definition) is 6. The maximum absolute atomic E-state index is 12.5. The Morgan fingerprint density at radius 2 is 1.94 bits per heavy atom. The number of nitrogens with zero attached hydrogens (tertiary/aromatic N) is 2. The first kappa shape index (κ1) is 24.1. The molecule has 2 aromatic heterocycles. The van der Waals surface area contributed by atoms with Gasteiger partial charge in [0.15, 0.2) is 5.76 Å². The van der Waals surface area contributed by atoms with Gasteiger partial charge in [-0.3, -0.25) is 4.79 Å². The van der Waals surface area contributed by atoms with Gasteiger partial charge in [-0.15, -0.1) is 0 Å². The summed E-state index contributed by atoms with van der Waals surface area (Å²) in [5.74, 6) is -0.0985. The van der Waals surface area contributed by atoms with Gasteiger partial charge in [0.1, 0.15) is 11.3 Å². The molecule has 0 saturated heterocycles. The number of nitrogens with one attached hydrogen (secondary N) is 1. The zero-order valence-corrected chi connectivity index (χ0v) is 20.5. The number of carbonyl (C=O) groups excluding carboxylic acids is 2. The summed E-state index contributed by atoms with van der Waals surface area (Å²) in [6.45, 7) is 6.32. The average Bonchev–Trinajstić information content (AvgIpc) is 3.38. The molecule has 2 heterocycles. The predicted molar refractivity (Wildman–Crippen MR) is 134 cm³/mol. The van der Waals surface area contributed by atoms with E-state index in [0.29, 0.717) is 28.5 Å². The van der Waals surface area contributed by atoms with Gasteiger partial charge < -0.3 is 18.5 Å². The molecule has 180 valence electrons. The largest absolute Gasteiger partial charge is 0.494 e. The zero-order valence-electron chi connectivity index (χ0n) is 19.7. The highest BCUT2D eigenvalue weighted by atomic mass is 35.5. The van der Waals surface area contributed by atoms with Gasteiger partial charge in [-0.2, -0.15) is 5.10 Å². The molecule has 0 aliphatic rings. The number of hydrazone groups is 1. The van der Waals surface area contributed by atoms with Gasteiger partial charge in [-0.05, 0) is 69.3 Å². The highest BCUT2D eigenvalue weighted by Crippen LogP contribution is 2.26. The number of methoxy groups -OCH3 is 1. The second-order valence-corrected chi connectivity index (χ2v) is 8.17. The lowest BCUT2D eigenvalue weighted by molar-refractivity contribution is 0.0600. The maximum Gasteiger partial charge on any atom is 0.339 e. The van der Waals surface area contributed by atoms with E-state index in [1.165, 1.54) is 7.11 Å². The topological polar surface area (TPSA) is 95.1 Å². The number of ether oxygens (including phenoxy) is 2. The first-order chi connectivity index (χ1) is 16.8. The highest BCUT2D eigenvalue weighted by molar-refractivity contribution is 6.33. The number of furan rings is 1. The van der Waals surface area contributed by atoms with E-state index in [9.17, 15) is 9.59 Å². The van der Waals surface area contributed by atoms with Crippen LogP contribution in [-0.4, -0.2) is 36.4 Å². The van der Waals surface area contributed by atoms with Crippen LogP contribution in [0.25, 0.3) is 16.7 Å². The summed E-state index contributed by atoms with van der Waals surface area (Å²) in [5.41, 5.74) is 6.79. The van der Waals surface area contributed by atoms with Crippen LogP contribution in [0.15, 0.2) is 58.0 Å². The molecule has 0 spiro atoms. The van der Waals surface area contributed by atoms with E-state index < -0.39 is 11.9 Å². The van der Waals surface area contributed by atoms with E-state index in [-0.39, 0.29) is 5.76 Å². The Labute approximate surface area is 207 Å². The van der Waals surface area contributed by atoms with Crippen LogP contribution in [0.2, 0.25) is 5.02 Å². The molecule has 4 rings (SSSR count). The third-order valence-corrected chi connectivity index (χ3v) is 5.79. The highest BCUT2D eigenvalue weighted by Gasteiger charge is 2.15. The number of aryl methyl sites for hydroxylation is 1. The van der Waals surface area contributed by atoms with Crippen molar-refractivity contribution in [2.45, 2.75) is 20.8 Å². The van der Waals surface area contributed by atoms with Crippen LogP contribution >= 0.6 is 11.6 Å². The zero-order chi connectivity index (χ0) is 25.1. The van der Waals surface area contributed by atoms with Crippen LogP contribution in [0.1, 0.15) is 44.8 Å². The van der Waals surface area contributed by atoms with Gasteiger partial charge in [0.25, 0.3) is 0 Å². The molecule has 0 atom stereocenters. The Bertz CT molecular complexity index is 1450. The number of hydrogen-bond donors (Lipinski definition) is 1. The lowest BCUT2D eigenvalue weighted by atomic mass is 10.2. The summed E-state index contributed by atoms with van der Waals surface area (Å²) in [6.07, 6.45) is 1.57. The van der Waals surface area contributed by atoms with Crippen molar-refractivity contribution in [3.63, 3.8) is 0 Å². The molecule has 35 heavy (non-hydrogen) atoms. The molecule has 8 nitrogen and oxygen atoms in total. The first-order valence-electron chi connectivity index (χ1n) is 10.9. The Balaban J connectivity index is 1.51. The van der Waals surface area contributed by atoms with E-state index in [1.807, 2.05) is 37.5 Å². The molecule has 0 unspecified atom stereocenters. The fourth-order valence-corrected chi connectivity index (χ4v) is 4.09. The standard InChI is InChI=1S/C26H24ClN3O5/c1-5-34-20-7-9-23-17(11-20)12-24(35-23)25(31)29-28-14-18-10-15(2)30(16(18)3)19-6-8-21(22(27)13-19)26(32)33-4/h6-14H,5H2,1-4H3,(H,29,31)/b28-14+. The number of aromatic nitrogens is 1. The first-order valence-corrected chi connectivity index (χ1v) is 11.3. The van der Waals surface area contributed by atoms with Crippen molar-refractivity contribution < 1.29 is 23.5 Å². The van der Waals surface area contributed by atoms with Gasteiger partial charge in [-0.25, -0.2) is 10.2 Å². The van der Waals surface area contributed by atoms with Gasteiger partial charge in [0.05, 0.1) is 30.5 Å². The maximum atomic E-state index is 12.5. The van der Waals surface area contributed by atoms with Gasteiger partial charge in [0.2, 0.25) is 0 Å². The molecule has 2 aromatic carbocycles. The van der Waals surface area contributed by atoms with Crippen molar-refractivity contribution in [1.82, 2.24) is 9.99 Å². The molecule has 9 heteroatoms. The second kappa shape index (κ2) is 10.1. The summed E-state index contributed by atoms with van der Waals surface area (Å²) >= 11 is 6.29. The third-order valence-electron chi connectivity index (χ3n) is 5.48. The van der Waals surface area contributed by atoms with Crippen molar-refractivity contribution in [1.29, 1.82) is 0 Å². The SMILES string of the molecule is CCOc1ccc2oc(C(=O)N/N=C/c3cc(C)n(-c4ccc(C(=O)OC)c(Cl)c4)c3C)cc2c1. The van der Waals surface area contributed by atoms with Gasteiger partial charge >= 0.3 is 11.9 Å². The van der Waals surface area contributed by atoms with Crippen LogP contribution < -0.4 is 10.2 Å². The lowest BCUT2D eigenvalue weighted by Crippen LogP contribution is -2.16. The Morgan fingerprint density at radius 3 is 2.66 bits per heavy atom. The van der Waals surface area contributed by atoms with Crippen LogP contribution in [-0.2, 0) is 4.74 Å². The molecule has 4 aromatic rings. The van der Waals surface area contributed by atoms with E-state index in [1.54, 1.807) is 42.6 Å². The molecule has 0 fully saturated rings. The molecule has 1 N–H and O–H groups in total. The van der Waals surface area contributed by atoms with Crippen molar-refractivity contribution in [2.24, 2.45) is 5.10 Å². The Kier molecular flexibility index (Phi) is 6.93. The molecule has 0 saturated carbocycles. The van der Waals surface area contributed by atoms with E-state index in [4.69, 9.17) is 25.5 Å². The molecule has 0 aliphatic carbocycles. The molecule has 0 bridgehead atoms. The molecule has 0 aliphatic heterocycles. The fraction of sp³-hybridized carbons (Fsp3) is 0.192. The van der Waals surface area contributed by atoms with Gasteiger partial charge in [-0.1, -0.05) is 11.6 Å². The summed E-state index contributed by atoms with van der Waals surface area (Å²) in [4.78, 5) is 24.3. The molecular weight excluding hydrogens is 470 g/mol. The minimum atomic E-state index is -0.495. The number of esters is 1. The van der Waals surface area contributed by atoms with E-state index >= 15 is 0 Å². The number of fused-ring (bicyclic) bond motifs is 1. The summed E-state index contributed by atoms with van der Waals surface area (Å²) in [5, 5.41) is 5.16. The number of halogens is 1. The molecular formula is C26H24ClN3O5. The van der Waals surface area contributed by atoms with Crippen molar-refractivity contribution >= 4 is 40.7 Å². The van der Waals surface area contributed by atoms with Crippen molar-refractivity contribution in [3.8, 4) is 11.4 Å². The number of rotatable bonds is 7. The normalized spacial score (nSPS) is 11.2. The fourth-order valence-electron chi connectivity index (χ4n) is 3.84. The summed E-state index contributed by atoms with van der Waals surface area (Å²) in [7, 11) is 1.31. The van der Waals surface area contributed by atoms with Crippen LogP contribution in [0.3, 0.4) is 0 Å². The number of benzene rings is 2. The minimum absolute atomic E-state index is 0.150. The molecule has 0 radical (unpaired) electrons. The van der Waals surface area contributed by atoms with E-state index in [2.05, 4.69) is 10.5 Å². The monoisotopic (exact) mass is 493 g/mol. The Hall–Kier alpha value is -4.04. The smallest absolute Gasteiger partial charge is 0.339 e. The van der Waals surface area contributed by atoms with Gasteiger partial charge in [0, 0.05) is 28.0 Å². The average molecular weight is 494 g/mol. The quantitative estimate of drug-likeness (QED) is 0.210. The number of carbonyl (C=O) groups is 2.